The number of rotatable bonds is 2. The van der Waals surface area contributed by atoms with Crippen LogP contribution < -0.4 is 5.32 Å². The van der Waals surface area contributed by atoms with Crippen LogP contribution in [0.1, 0.15) is 42.9 Å². The number of halogens is 1. The Morgan fingerprint density at radius 2 is 1.90 bits per heavy atom. The van der Waals surface area contributed by atoms with E-state index in [2.05, 4.69) is 5.32 Å². The molecule has 4 heteroatoms. The summed E-state index contributed by atoms with van der Waals surface area (Å²) < 4.78 is 15.0. The lowest BCUT2D eigenvalue weighted by Gasteiger charge is -2.08. The summed E-state index contributed by atoms with van der Waals surface area (Å²) in [6.45, 7) is 0.980. The number of hydrogen-bond donors (Lipinski definition) is 1. The van der Waals surface area contributed by atoms with E-state index >= 15 is 0 Å². The molecule has 2 aliphatic rings. The van der Waals surface area contributed by atoms with Gasteiger partial charge in [0.05, 0.1) is 11.4 Å². The third-order valence-electron chi connectivity index (χ3n) is 4.50. The highest BCUT2D eigenvalue weighted by Crippen LogP contribution is 2.39. The minimum atomic E-state index is -0.207. The third kappa shape index (κ3) is 1.82. The fourth-order valence-electron chi connectivity index (χ4n) is 3.50. The van der Waals surface area contributed by atoms with E-state index in [1.54, 1.807) is 12.1 Å². The van der Waals surface area contributed by atoms with E-state index in [0.29, 0.717) is 5.92 Å². The minimum absolute atomic E-state index is 0.207. The van der Waals surface area contributed by atoms with Gasteiger partial charge in [0.15, 0.2) is 0 Å². The topological polar surface area (TPSA) is 29.9 Å². The summed E-state index contributed by atoms with van der Waals surface area (Å²) >= 11 is 0. The van der Waals surface area contributed by atoms with Gasteiger partial charge in [-0.15, -0.1) is 0 Å². The fraction of sp³-hybridized carbons (Fsp3) is 0.438. The molecule has 1 aromatic carbocycles. The van der Waals surface area contributed by atoms with Gasteiger partial charge < -0.3 is 5.32 Å². The van der Waals surface area contributed by atoms with Crippen molar-refractivity contribution in [1.82, 2.24) is 9.78 Å². The predicted molar refractivity (Wildman–Crippen MR) is 76.9 cm³/mol. The first-order chi connectivity index (χ1) is 9.83. The predicted octanol–water partition coefficient (Wildman–Crippen LogP) is 3.64. The van der Waals surface area contributed by atoms with Crippen molar-refractivity contribution < 1.29 is 4.39 Å². The van der Waals surface area contributed by atoms with Gasteiger partial charge >= 0.3 is 0 Å². The molecule has 0 bridgehead atoms. The van der Waals surface area contributed by atoms with Crippen LogP contribution in [-0.4, -0.2) is 16.3 Å². The summed E-state index contributed by atoms with van der Waals surface area (Å²) in [6.07, 6.45) is 6.20. The van der Waals surface area contributed by atoms with Crippen LogP contribution in [0.4, 0.5) is 10.2 Å². The molecule has 0 spiro atoms. The van der Waals surface area contributed by atoms with Crippen LogP contribution in [-0.2, 0) is 6.42 Å². The first-order valence-corrected chi connectivity index (χ1v) is 7.44. The second-order valence-corrected chi connectivity index (χ2v) is 5.76. The van der Waals surface area contributed by atoms with Gasteiger partial charge in [-0.1, -0.05) is 12.8 Å². The molecule has 1 N–H and O–H groups in total. The van der Waals surface area contributed by atoms with Crippen molar-refractivity contribution in [2.75, 3.05) is 11.9 Å². The molecule has 104 valence electrons. The SMILES string of the molecule is Fc1ccc(-n2nc(C3CCCC3)c3c2NCC3)cc1. The molecule has 1 aliphatic heterocycles. The zero-order chi connectivity index (χ0) is 13.5. The van der Waals surface area contributed by atoms with Crippen molar-refractivity contribution in [2.45, 2.75) is 38.0 Å². The molecule has 0 amide bonds. The van der Waals surface area contributed by atoms with E-state index in [9.17, 15) is 4.39 Å². The maximum atomic E-state index is 13.1. The summed E-state index contributed by atoms with van der Waals surface area (Å²) in [7, 11) is 0. The first kappa shape index (κ1) is 11.9. The van der Waals surface area contributed by atoms with Crippen molar-refractivity contribution in [2.24, 2.45) is 0 Å². The number of fused-ring (bicyclic) bond motifs is 1. The molecular formula is C16H18FN3. The summed E-state index contributed by atoms with van der Waals surface area (Å²) in [6, 6.07) is 6.57. The van der Waals surface area contributed by atoms with E-state index in [-0.39, 0.29) is 5.82 Å². The number of anilines is 1. The Morgan fingerprint density at radius 3 is 2.65 bits per heavy atom. The van der Waals surface area contributed by atoms with Crippen molar-refractivity contribution >= 4 is 5.82 Å². The Kier molecular flexibility index (Phi) is 2.76. The molecule has 20 heavy (non-hydrogen) atoms. The second kappa shape index (κ2) is 4.62. The average molecular weight is 271 g/mol. The summed E-state index contributed by atoms with van der Waals surface area (Å²) in [5.41, 5.74) is 3.58. The van der Waals surface area contributed by atoms with Gasteiger partial charge in [0.25, 0.3) is 0 Å². The Morgan fingerprint density at radius 1 is 1.15 bits per heavy atom. The third-order valence-corrected chi connectivity index (χ3v) is 4.50. The largest absolute Gasteiger partial charge is 0.369 e. The summed E-state index contributed by atoms with van der Waals surface area (Å²) in [4.78, 5) is 0. The molecule has 0 radical (unpaired) electrons. The number of benzene rings is 1. The van der Waals surface area contributed by atoms with Gasteiger partial charge in [-0.25, -0.2) is 9.07 Å². The maximum Gasteiger partial charge on any atom is 0.133 e. The molecule has 2 aromatic rings. The molecule has 1 saturated carbocycles. The molecule has 1 fully saturated rings. The molecule has 2 heterocycles. The van der Waals surface area contributed by atoms with Crippen molar-refractivity contribution in [3.8, 4) is 5.69 Å². The van der Waals surface area contributed by atoms with E-state index < -0.39 is 0 Å². The minimum Gasteiger partial charge on any atom is -0.369 e. The van der Waals surface area contributed by atoms with Crippen molar-refractivity contribution in [3.05, 3.63) is 41.3 Å². The van der Waals surface area contributed by atoms with Crippen LogP contribution in [0.2, 0.25) is 0 Å². The number of nitrogens with one attached hydrogen (secondary N) is 1. The van der Waals surface area contributed by atoms with Gasteiger partial charge in [-0.05, 0) is 43.5 Å². The van der Waals surface area contributed by atoms with Crippen LogP contribution in [0.5, 0.6) is 0 Å². The monoisotopic (exact) mass is 271 g/mol. The maximum absolute atomic E-state index is 13.1. The van der Waals surface area contributed by atoms with Crippen LogP contribution in [0.3, 0.4) is 0 Å². The van der Waals surface area contributed by atoms with Crippen molar-refractivity contribution in [1.29, 1.82) is 0 Å². The lowest BCUT2D eigenvalue weighted by molar-refractivity contribution is 0.626. The Hall–Kier alpha value is -1.84. The van der Waals surface area contributed by atoms with Crippen LogP contribution in [0.25, 0.3) is 5.69 Å². The Labute approximate surface area is 117 Å². The van der Waals surface area contributed by atoms with Gasteiger partial charge in [-0.2, -0.15) is 5.10 Å². The average Bonchev–Trinajstić information content (AvgIpc) is 3.16. The van der Waals surface area contributed by atoms with Crippen LogP contribution >= 0.6 is 0 Å². The van der Waals surface area contributed by atoms with Crippen LogP contribution in [0.15, 0.2) is 24.3 Å². The number of nitrogens with zero attached hydrogens (tertiary/aromatic N) is 2. The normalized spacial score (nSPS) is 18.2. The number of aromatic nitrogens is 2. The first-order valence-electron chi connectivity index (χ1n) is 7.44. The zero-order valence-electron chi connectivity index (χ0n) is 11.4. The molecule has 1 aliphatic carbocycles. The highest BCUT2D eigenvalue weighted by Gasteiger charge is 2.29. The highest BCUT2D eigenvalue weighted by molar-refractivity contribution is 5.57. The quantitative estimate of drug-likeness (QED) is 0.903. The zero-order valence-corrected chi connectivity index (χ0v) is 11.4. The second-order valence-electron chi connectivity index (χ2n) is 5.76. The lowest BCUT2D eigenvalue weighted by atomic mass is 9.99. The van der Waals surface area contributed by atoms with E-state index in [1.807, 2.05) is 4.68 Å². The van der Waals surface area contributed by atoms with E-state index in [1.165, 1.54) is 49.1 Å². The highest BCUT2D eigenvalue weighted by atomic mass is 19.1. The standard InChI is InChI=1S/C16H18FN3/c17-12-5-7-13(8-6-12)20-16-14(9-10-18-16)15(19-20)11-3-1-2-4-11/h5-8,11,18H,1-4,9-10H2. The van der Waals surface area contributed by atoms with Gasteiger partial charge in [0.1, 0.15) is 11.6 Å². The van der Waals surface area contributed by atoms with Crippen LogP contribution in [0, 0.1) is 5.82 Å². The van der Waals surface area contributed by atoms with E-state index in [4.69, 9.17) is 5.10 Å². The molecule has 0 atom stereocenters. The van der Waals surface area contributed by atoms with Gasteiger partial charge in [0.2, 0.25) is 0 Å². The summed E-state index contributed by atoms with van der Waals surface area (Å²) in [5, 5.41) is 8.28. The number of hydrogen-bond acceptors (Lipinski definition) is 2. The smallest absolute Gasteiger partial charge is 0.133 e. The Balaban J connectivity index is 1.80. The molecule has 0 unspecified atom stereocenters. The molecular weight excluding hydrogens is 253 g/mol. The van der Waals surface area contributed by atoms with Crippen molar-refractivity contribution in [3.63, 3.8) is 0 Å². The van der Waals surface area contributed by atoms with E-state index in [0.717, 1.165) is 24.5 Å². The fourth-order valence-corrected chi connectivity index (χ4v) is 3.50. The van der Waals surface area contributed by atoms with Gasteiger partial charge in [0, 0.05) is 18.0 Å². The Bertz CT molecular complexity index is 624. The lowest BCUT2D eigenvalue weighted by Crippen LogP contribution is -2.06. The van der Waals surface area contributed by atoms with Gasteiger partial charge in [-0.3, -0.25) is 0 Å². The molecule has 4 rings (SSSR count). The molecule has 1 aromatic heterocycles. The molecule has 3 nitrogen and oxygen atoms in total. The summed E-state index contributed by atoms with van der Waals surface area (Å²) in [5.74, 6) is 1.52. The molecule has 0 saturated heterocycles.